The van der Waals surface area contributed by atoms with Gasteiger partial charge in [0.05, 0.1) is 7.11 Å². The SMILES string of the molecule is COC(=O)c1cc(S)n2nc(COC(C)=O)nc2n1. The molecule has 9 heteroatoms. The summed E-state index contributed by atoms with van der Waals surface area (Å²) >= 11 is 4.18. The molecule has 0 radical (unpaired) electrons. The van der Waals surface area contributed by atoms with E-state index in [1.807, 2.05) is 0 Å². The van der Waals surface area contributed by atoms with Crippen molar-refractivity contribution in [1.82, 2.24) is 19.6 Å². The van der Waals surface area contributed by atoms with Crippen LogP contribution in [0.5, 0.6) is 0 Å². The molecule has 0 bridgehead atoms. The molecule has 0 spiro atoms. The third kappa shape index (κ3) is 2.81. The second kappa shape index (κ2) is 5.22. The van der Waals surface area contributed by atoms with Crippen LogP contribution in [-0.4, -0.2) is 38.6 Å². The fourth-order valence-electron chi connectivity index (χ4n) is 1.33. The van der Waals surface area contributed by atoms with Gasteiger partial charge in [-0.1, -0.05) is 0 Å². The number of carbonyl (C=O) groups excluding carboxylic acids is 2. The highest BCUT2D eigenvalue weighted by atomic mass is 32.1. The number of methoxy groups -OCH3 is 1. The number of hydrogen-bond donors (Lipinski definition) is 1. The van der Waals surface area contributed by atoms with E-state index in [0.29, 0.717) is 5.03 Å². The minimum absolute atomic E-state index is 0.0700. The standard InChI is InChI=1S/C10H10N4O4S/c1-5(15)18-4-7-12-10-11-6(9(16)17-2)3-8(19)14(10)13-7/h3,19H,4H2,1-2H3. The lowest BCUT2D eigenvalue weighted by Crippen LogP contribution is -2.07. The third-order valence-electron chi connectivity index (χ3n) is 2.14. The van der Waals surface area contributed by atoms with Gasteiger partial charge < -0.3 is 9.47 Å². The largest absolute Gasteiger partial charge is 0.464 e. The van der Waals surface area contributed by atoms with Crippen LogP contribution in [0, 0.1) is 0 Å². The van der Waals surface area contributed by atoms with Crippen molar-refractivity contribution < 1.29 is 19.1 Å². The lowest BCUT2D eigenvalue weighted by molar-refractivity contribution is -0.142. The highest BCUT2D eigenvalue weighted by Crippen LogP contribution is 2.11. The molecule has 0 aliphatic carbocycles. The molecule has 100 valence electrons. The molecule has 19 heavy (non-hydrogen) atoms. The molecule has 2 rings (SSSR count). The lowest BCUT2D eigenvalue weighted by Gasteiger charge is -2.00. The number of aromatic nitrogens is 4. The van der Waals surface area contributed by atoms with E-state index in [2.05, 4.69) is 32.4 Å². The second-order valence-electron chi connectivity index (χ2n) is 3.51. The van der Waals surface area contributed by atoms with Crippen LogP contribution >= 0.6 is 12.6 Å². The van der Waals surface area contributed by atoms with Crippen LogP contribution in [0.2, 0.25) is 0 Å². The molecule has 0 saturated heterocycles. The molecule has 0 amide bonds. The monoisotopic (exact) mass is 282 g/mol. The van der Waals surface area contributed by atoms with Gasteiger partial charge in [-0.2, -0.15) is 9.50 Å². The summed E-state index contributed by atoms with van der Waals surface area (Å²) in [6.07, 6.45) is 0. The van der Waals surface area contributed by atoms with Gasteiger partial charge in [0, 0.05) is 13.0 Å². The molecule has 2 aromatic heterocycles. The van der Waals surface area contributed by atoms with Crippen molar-refractivity contribution in [3.05, 3.63) is 17.6 Å². The number of thiol groups is 1. The van der Waals surface area contributed by atoms with E-state index in [1.165, 1.54) is 24.6 Å². The first kappa shape index (κ1) is 13.3. The third-order valence-corrected chi connectivity index (χ3v) is 2.45. The first-order valence-corrected chi connectivity index (χ1v) is 5.63. The van der Waals surface area contributed by atoms with Crippen LogP contribution in [0.3, 0.4) is 0 Å². The second-order valence-corrected chi connectivity index (χ2v) is 3.97. The van der Waals surface area contributed by atoms with Crippen LogP contribution in [0.25, 0.3) is 5.78 Å². The van der Waals surface area contributed by atoms with Crippen LogP contribution in [0.15, 0.2) is 11.1 Å². The molecular weight excluding hydrogens is 272 g/mol. The summed E-state index contributed by atoms with van der Waals surface area (Å²) in [7, 11) is 1.25. The van der Waals surface area contributed by atoms with Gasteiger partial charge in [0.15, 0.2) is 18.1 Å². The van der Waals surface area contributed by atoms with E-state index in [0.717, 1.165) is 0 Å². The molecule has 0 aliphatic rings. The van der Waals surface area contributed by atoms with E-state index in [4.69, 9.17) is 4.74 Å². The van der Waals surface area contributed by atoms with Crippen molar-refractivity contribution in [1.29, 1.82) is 0 Å². The number of hydrogen-bond acceptors (Lipinski definition) is 8. The van der Waals surface area contributed by atoms with Gasteiger partial charge >= 0.3 is 11.9 Å². The van der Waals surface area contributed by atoms with Crippen molar-refractivity contribution in [2.75, 3.05) is 7.11 Å². The summed E-state index contributed by atoms with van der Waals surface area (Å²) in [5.74, 6) is -0.592. The first-order chi connectivity index (χ1) is 9.01. The summed E-state index contributed by atoms with van der Waals surface area (Å²) in [5.41, 5.74) is 0.0754. The summed E-state index contributed by atoms with van der Waals surface area (Å²) < 4.78 is 10.7. The highest BCUT2D eigenvalue weighted by molar-refractivity contribution is 7.80. The zero-order chi connectivity index (χ0) is 14.0. The average molecular weight is 282 g/mol. The minimum Gasteiger partial charge on any atom is -0.464 e. The Morgan fingerprint density at radius 3 is 2.79 bits per heavy atom. The molecule has 0 aromatic carbocycles. The van der Waals surface area contributed by atoms with Crippen LogP contribution < -0.4 is 0 Å². The molecule has 0 fully saturated rings. The van der Waals surface area contributed by atoms with Crippen LogP contribution in [0.1, 0.15) is 23.2 Å². The molecule has 0 N–H and O–H groups in total. The number of esters is 2. The molecule has 0 unspecified atom stereocenters. The summed E-state index contributed by atoms with van der Waals surface area (Å²) in [5, 5.41) is 4.42. The predicted octanol–water partition coefficient (Wildman–Crippen LogP) is 0.263. The maximum atomic E-state index is 11.4. The lowest BCUT2D eigenvalue weighted by atomic mass is 10.4. The molecular formula is C10H10N4O4S. The fourth-order valence-corrected chi connectivity index (χ4v) is 1.59. The summed E-state index contributed by atoms with van der Waals surface area (Å²) in [6, 6.07) is 1.41. The van der Waals surface area contributed by atoms with E-state index in [9.17, 15) is 9.59 Å². The van der Waals surface area contributed by atoms with Gasteiger partial charge in [0.1, 0.15) is 5.03 Å². The normalized spacial score (nSPS) is 10.5. The average Bonchev–Trinajstić information content (AvgIpc) is 2.79. The van der Waals surface area contributed by atoms with Gasteiger partial charge in [0.2, 0.25) is 0 Å². The van der Waals surface area contributed by atoms with Crippen molar-refractivity contribution in [3.63, 3.8) is 0 Å². The number of rotatable bonds is 3. The maximum absolute atomic E-state index is 11.4. The molecule has 0 aliphatic heterocycles. The quantitative estimate of drug-likeness (QED) is 0.490. The number of nitrogens with zero attached hydrogens (tertiary/aromatic N) is 4. The minimum atomic E-state index is -0.595. The number of carbonyl (C=O) groups is 2. The Labute approximate surface area is 113 Å². The van der Waals surface area contributed by atoms with Gasteiger partial charge in [-0.25, -0.2) is 9.78 Å². The zero-order valence-corrected chi connectivity index (χ0v) is 11.0. The van der Waals surface area contributed by atoms with Crippen molar-refractivity contribution in [3.8, 4) is 0 Å². The van der Waals surface area contributed by atoms with Gasteiger partial charge in [0.25, 0.3) is 5.78 Å². The van der Waals surface area contributed by atoms with E-state index >= 15 is 0 Å². The van der Waals surface area contributed by atoms with E-state index in [-0.39, 0.29) is 23.9 Å². The summed E-state index contributed by atoms with van der Waals surface area (Å²) in [6.45, 7) is 1.22. The Morgan fingerprint density at radius 2 is 2.16 bits per heavy atom. The fraction of sp³-hybridized carbons (Fsp3) is 0.300. The Hall–Kier alpha value is -2.16. The molecule has 2 heterocycles. The Bertz CT molecular complexity index is 654. The zero-order valence-electron chi connectivity index (χ0n) is 10.2. The Morgan fingerprint density at radius 1 is 1.42 bits per heavy atom. The van der Waals surface area contributed by atoms with E-state index < -0.39 is 11.9 Å². The highest BCUT2D eigenvalue weighted by Gasteiger charge is 2.14. The topological polar surface area (TPSA) is 95.7 Å². The predicted molar refractivity (Wildman–Crippen MR) is 64.8 cm³/mol. The van der Waals surface area contributed by atoms with Crippen molar-refractivity contribution in [2.45, 2.75) is 18.6 Å². The molecule has 0 saturated carbocycles. The smallest absolute Gasteiger partial charge is 0.356 e. The van der Waals surface area contributed by atoms with Gasteiger partial charge in [-0.3, -0.25) is 4.79 Å². The molecule has 8 nitrogen and oxygen atoms in total. The van der Waals surface area contributed by atoms with Crippen LogP contribution in [-0.2, 0) is 20.9 Å². The van der Waals surface area contributed by atoms with E-state index in [1.54, 1.807) is 0 Å². The van der Waals surface area contributed by atoms with Gasteiger partial charge in [-0.05, 0) is 0 Å². The Kier molecular flexibility index (Phi) is 3.65. The van der Waals surface area contributed by atoms with Crippen LogP contribution in [0.4, 0.5) is 0 Å². The number of fused-ring (bicyclic) bond motifs is 1. The molecule has 0 atom stereocenters. The first-order valence-electron chi connectivity index (χ1n) is 5.18. The van der Waals surface area contributed by atoms with Crippen molar-refractivity contribution >= 4 is 30.3 Å². The Balaban J connectivity index is 2.39. The number of ether oxygens (including phenoxy) is 2. The maximum Gasteiger partial charge on any atom is 0.356 e. The van der Waals surface area contributed by atoms with Gasteiger partial charge in [-0.15, -0.1) is 17.7 Å². The molecule has 2 aromatic rings. The van der Waals surface area contributed by atoms with Crippen molar-refractivity contribution in [2.24, 2.45) is 0 Å². The summed E-state index contributed by atoms with van der Waals surface area (Å²) in [4.78, 5) is 30.1.